The first-order chi connectivity index (χ1) is 16.3. The lowest BCUT2D eigenvalue weighted by Crippen LogP contribution is -2.35. The van der Waals surface area contributed by atoms with Gasteiger partial charge in [-0.15, -0.1) is 0 Å². The molecule has 2 atom stereocenters. The molecule has 12 heteroatoms. The third-order valence-electron chi connectivity index (χ3n) is 5.85. The Labute approximate surface area is 192 Å². The fourth-order valence-electron chi connectivity index (χ4n) is 4.10. The van der Waals surface area contributed by atoms with Gasteiger partial charge >= 0.3 is 6.18 Å². The zero-order valence-corrected chi connectivity index (χ0v) is 18.3. The molecular weight excluding hydrogens is 453 g/mol. The van der Waals surface area contributed by atoms with Gasteiger partial charge < -0.3 is 20.1 Å². The molecule has 3 aromatic rings. The fourth-order valence-corrected chi connectivity index (χ4v) is 4.10. The standard InChI is InChI=1S/C22H23F3N6O3/c1-2-3-6-30-11-14(10-26-30)27-21(32)16-9-20-28-15(8-19(22(23,24)25)31(20)29-16)13-4-5-17-18(7-13)34-12-33-17/h4-5,7,9-11,15,19,28H,2-3,6,8,12H2,1H3,(H,27,32)/t15-,19+/m1/s1. The number of aromatic nitrogens is 4. The van der Waals surface area contributed by atoms with Crippen LogP contribution in [0.5, 0.6) is 11.5 Å². The minimum absolute atomic E-state index is 0.0742. The largest absolute Gasteiger partial charge is 0.454 e. The Kier molecular flexibility index (Phi) is 5.58. The summed E-state index contributed by atoms with van der Waals surface area (Å²) in [5, 5.41) is 13.9. The van der Waals surface area contributed by atoms with Gasteiger partial charge in [0.1, 0.15) is 5.82 Å². The van der Waals surface area contributed by atoms with Crippen LogP contribution >= 0.6 is 0 Å². The number of aryl methyl sites for hydroxylation is 1. The van der Waals surface area contributed by atoms with Crippen LogP contribution in [-0.2, 0) is 6.54 Å². The first-order valence-electron chi connectivity index (χ1n) is 11.0. The average molecular weight is 476 g/mol. The van der Waals surface area contributed by atoms with Crippen LogP contribution in [0.1, 0.15) is 54.3 Å². The van der Waals surface area contributed by atoms with Crippen molar-refractivity contribution in [3.05, 3.63) is 47.9 Å². The molecule has 0 bridgehead atoms. The molecule has 34 heavy (non-hydrogen) atoms. The Bertz CT molecular complexity index is 1200. The van der Waals surface area contributed by atoms with E-state index in [2.05, 4.69) is 27.8 Å². The molecule has 0 spiro atoms. The molecule has 180 valence electrons. The molecule has 4 heterocycles. The van der Waals surface area contributed by atoms with E-state index < -0.39 is 24.2 Å². The van der Waals surface area contributed by atoms with Crippen molar-refractivity contribution >= 4 is 17.4 Å². The van der Waals surface area contributed by atoms with Crippen molar-refractivity contribution in [2.75, 3.05) is 17.4 Å². The Morgan fingerprint density at radius 2 is 2.09 bits per heavy atom. The van der Waals surface area contributed by atoms with Crippen LogP contribution in [-0.4, -0.2) is 38.4 Å². The molecule has 1 amide bonds. The van der Waals surface area contributed by atoms with Gasteiger partial charge in [0.15, 0.2) is 23.2 Å². The lowest BCUT2D eigenvalue weighted by molar-refractivity contribution is -0.173. The van der Waals surface area contributed by atoms with Crippen molar-refractivity contribution in [1.29, 1.82) is 0 Å². The quantitative estimate of drug-likeness (QED) is 0.543. The van der Waals surface area contributed by atoms with Crippen molar-refractivity contribution in [3.8, 4) is 11.5 Å². The third kappa shape index (κ3) is 4.27. The fraction of sp³-hybridized carbons (Fsp3) is 0.409. The zero-order chi connectivity index (χ0) is 23.9. The molecule has 0 fully saturated rings. The number of ether oxygens (including phenoxy) is 2. The third-order valence-corrected chi connectivity index (χ3v) is 5.85. The number of halogens is 3. The van der Waals surface area contributed by atoms with Crippen LogP contribution < -0.4 is 20.1 Å². The second-order valence-electron chi connectivity index (χ2n) is 8.26. The van der Waals surface area contributed by atoms with Crippen LogP contribution in [0.2, 0.25) is 0 Å². The molecule has 2 aromatic heterocycles. The highest BCUT2D eigenvalue weighted by molar-refractivity contribution is 6.03. The average Bonchev–Trinajstić information content (AvgIpc) is 3.54. The maximum Gasteiger partial charge on any atom is 0.410 e. The Morgan fingerprint density at radius 3 is 2.88 bits per heavy atom. The van der Waals surface area contributed by atoms with Gasteiger partial charge in [0.05, 0.1) is 17.9 Å². The van der Waals surface area contributed by atoms with E-state index in [1.807, 2.05) is 0 Å². The van der Waals surface area contributed by atoms with Crippen LogP contribution in [0.4, 0.5) is 24.7 Å². The number of anilines is 2. The highest BCUT2D eigenvalue weighted by Gasteiger charge is 2.47. The monoisotopic (exact) mass is 476 g/mol. The molecular formula is C22H23F3N6O3. The molecule has 5 rings (SSSR count). The maximum atomic E-state index is 13.9. The SMILES string of the molecule is CCCCn1cc(NC(=O)c2cc3n(n2)[C@H](C(F)(F)F)C[C@H](c2ccc4c(c2)OCO4)N3)cn1. The van der Waals surface area contributed by atoms with Gasteiger partial charge in [0.2, 0.25) is 6.79 Å². The minimum Gasteiger partial charge on any atom is -0.454 e. The van der Waals surface area contributed by atoms with Gasteiger partial charge in [-0.25, -0.2) is 4.68 Å². The summed E-state index contributed by atoms with van der Waals surface area (Å²) in [6, 6.07) is 3.83. The van der Waals surface area contributed by atoms with Crippen molar-refractivity contribution < 1.29 is 27.4 Å². The number of nitrogens with zero attached hydrogens (tertiary/aromatic N) is 4. The molecule has 0 radical (unpaired) electrons. The topological polar surface area (TPSA) is 95.2 Å². The summed E-state index contributed by atoms with van der Waals surface area (Å²) in [5.74, 6) is 0.537. The molecule has 0 unspecified atom stereocenters. The lowest BCUT2D eigenvalue weighted by atomic mass is 9.96. The number of rotatable bonds is 6. The summed E-state index contributed by atoms with van der Waals surface area (Å²) in [4.78, 5) is 12.7. The van der Waals surface area contributed by atoms with E-state index >= 15 is 0 Å². The summed E-state index contributed by atoms with van der Waals surface area (Å²) >= 11 is 0. The molecule has 1 aromatic carbocycles. The van der Waals surface area contributed by atoms with Gasteiger partial charge in [-0.3, -0.25) is 9.48 Å². The summed E-state index contributed by atoms with van der Waals surface area (Å²) in [6.45, 7) is 2.85. The number of benzene rings is 1. The van der Waals surface area contributed by atoms with Crippen LogP contribution in [0.25, 0.3) is 0 Å². The number of carbonyl (C=O) groups excluding carboxylic acids is 1. The van der Waals surface area contributed by atoms with Gasteiger partial charge in [0, 0.05) is 25.2 Å². The van der Waals surface area contributed by atoms with E-state index in [1.165, 1.54) is 12.3 Å². The number of carbonyl (C=O) groups is 1. The minimum atomic E-state index is -4.55. The van der Waals surface area contributed by atoms with Crippen LogP contribution in [0.15, 0.2) is 36.7 Å². The Morgan fingerprint density at radius 1 is 1.26 bits per heavy atom. The maximum absolute atomic E-state index is 13.9. The molecule has 0 saturated heterocycles. The van der Waals surface area contributed by atoms with E-state index in [0.29, 0.717) is 29.3 Å². The van der Waals surface area contributed by atoms with E-state index in [-0.39, 0.29) is 24.7 Å². The molecule has 2 aliphatic heterocycles. The van der Waals surface area contributed by atoms with Gasteiger partial charge in [0.25, 0.3) is 5.91 Å². The van der Waals surface area contributed by atoms with E-state index in [1.54, 1.807) is 29.1 Å². The predicted octanol–water partition coefficient (Wildman–Crippen LogP) is 4.52. The van der Waals surface area contributed by atoms with Gasteiger partial charge in [-0.05, 0) is 24.1 Å². The Balaban J connectivity index is 1.38. The molecule has 9 nitrogen and oxygen atoms in total. The van der Waals surface area contributed by atoms with E-state index in [0.717, 1.165) is 17.5 Å². The van der Waals surface area contributed by atoms with Crippen LogP contribution in [0.3, 0.4) is 0 Å². The molecule has 2 aliphatic rings. The summed E-state index contributed by atoms with van der Waals surface area (Å²) in [5.41, 5.74) is 0.950. The lowest BCUT2D eigenvalue weighted by Gasteiger charge is -2.33. The molecule has 0 saturated carbocycles. The Hall–Kier alpha value is -3.70. The molecule has 2 N–H and O–H groups in total. The zero-order valence-electron chi connectivity index (χ0n) is 18.3. The number of fused-ring (bicyclic) bond motifs is 2. The summed E-state index contributed by atoms with van der Waals surface area (Å²) in [6.07, 6.45) is 0.279. The van der Waals surface area contributed by atoms with E-state index in [4.69, 9.17) is 9.47 Å². The second kappa shape index (κ2) is 8.58. The first-order valence-corrected chi connectivity index (χ1v) is 11.0. The van der Waals surface area contributed by atoms with Crippen molar-refractivity contribution in [1.82, 2.24) is 19.6 Å². The van der Waals surface area contributed by atoms with Gasteiger partial charge in [-0.1, -0.05) is 19.4 Å². The van der Waals surface area contributed by atoms with Crippen molar-refractivity contribution in [3.63, 3.8) is 0 Å². The highest BCUT2D eigenvalue weighted by atomic mass is 19.4. The summed E-state index contributed by atoms with van der Waals surface area (Å²) < 4.78 is 55.0. The number of amides is 1. The highest BCUT2D eigenvalue weighted by Crippen LogP contribution is 2.45. The smallest absolute Gasteiger partial charge is 0.410 e. The van der Waals surface area contributed by atoms with Crippen LogP contribution in [0, 0.1) is 0 Å². The number of hydrogen-bond acceptors (Lipinski definition) is 6. The molecule has 0 aliphatic carbocycles. The van der Waals surface area contributed by atoms with E-state index in [9.17, 15) is 18.0 Å². The number of unbranched alkanes of at least 4 members (excludes halogenated alkanes) is 1. The summed E-state index contributed by atoms with van der Waals surface area (Å²) in [7, 11) is 0. The first kappa shape index (κ1) is 22.1. The van der Waals surface area contributed by atoms with Crippen molar-refractivity contribution in [2.24, 2.45) is 0 Å². The van der Waals surface area contributed by atoms with Gasteiger partial charge in [-0.2, -0.15) is 23.4 Å². The predicted molar refractivity (Wildman–Crippen MR) is 116 cm³/mol. The van der Waals surface area contributed by atoms with Crippen molar-refractivity contribution in [2.45, 2.75) is 51.0 Å². The number of hydrogen-bond donors (Lipinski definition) is 2. The normalized spacial score (nSPS) is 18.9. The number of nitrogens with one attached hydrogen (secondary N) is 2. The second-order valence-corrected chi connectivity index (χ2v) is 8.26. The number of alkyl halides is 3.